The van der Waals surface area contributed by atoms with Gasteiger partial charge in [-0.05, 0) is 87.6 Å². The molecule has 2 unspecified atom stereocenters. The number of hydrogen-bond acceptors (Lipinski definition) is 13. The molecule has 4 aliphatic heterocycles. The minimum absolute atomic E-state index is 0.0292. The Morgan fingerprint density at radius 1 is 0.986 bits per heavy atom. The van der Waals surface area contributed by atoms with Crippen molar-refractivity contribution in [1.82, 2.24) is 44.5 Å². The van der Waals surface area contributed by atoms with E-state index in [1.165, 1.54) is 45.3 Å². The van der Waals surface area contributed by atoms with Crippen LogP contribution in [-0.2, 0) is 51.6 Å². The lowest BCUT2D eigenvalue weighted by atomic mass is 9.85. The van der Waals surface area contributed by atoms with E-state index in [0.29, 0.717) is 18.2 Å². The first-order chi connectivity index (χ1) is 33.8. The van der Waals surface area contributed by atoms with Crippen LogP contribution in [0.2, 0.25) is 0 Å². The van der Waals surface area contributed by atoms with Crippen LogP contribution in [-0.4, -0.2) is 116 Å². The van der Waals surface area contributed by atoms with E-state index in [2.05, 4.69) is 86.3 Å². The van der Waals surface area contributed by atoms with Crippen molar-refractivity contribution in [3.8, 4) is 21.7 Å². The maximum Gasteiger partial charge on any atom is 0.272 e. The molecule has 6 aromatic rings. The van der Waals surface area contributed by atoms with Crippen LogP contribution in [0.4, 0.5) is 5.69 Å². The highest BCUT2D eigenvalue weighted by atomic mass is 32.1. The van der Waals surface area contributed by atoms with E-state index in [1.807, 2.05) is 57.3 Å². The fourth-order valence-corrected chi connectivity index (χ4v) is 10.7. The Balaban J connectivity index is 0.000000320. The normalized spacial score (nSPS) is 17.5. The number of anilines is 1. The maximum atomic E-state index is 13.6. The number of ether oxygens (including phenoxy) is 1. The molecule has 3 N–H and O–H groups in total. The first kappa shape index (κ1) is 51.7. The average molecular weight is 972 g/mol. The number of aldehydes is 1. The molecular weight excluding hydrogens is 903 g/mol. The second-order valence-electron chi connectivity index (χ2n) is 19.5. The number of likely N-dealkylation sites (N-methyl/N-ethyl adjacent to an activating group) is 1. The van der Waals surface area contributed by atoms with E-state index in [-0.39, 0.29) is 23.6 Å². The first-order valence-electron chi connectivity index (χ1n) is 24.3. The highest BCUT2D eigenvalue weighted by Gasteiger charge is 2.39. The standard InChI is InChI=1S/C39H51N9O3.C11H12N2S.C2H4O.CH2O/c1-25-8-7-15-46(25)38(50)36(39(2,3)4)41-37(49)32-20-34-40-21-28(23-47(34)42-32)45-17-11-29-26(22-45)9-6-10-30(29)35-31-24-44(5)16-12-33(31)48(43-35)27-13-18-51-19-14-27;1-8-11(14-7-13-8)10-4-2-9(6-12)3-5-10;1-2-3;1-2/h6,9-10,20-21,23,25,27,36H,7-8,11-19,22,24H2,1-5H3,(H,41,49);2-5,7H,6,12H2,1H3;2H,1H3;1H2. The summed E-state index contributed by atoms with van der Waals surface area (Å²) in [4.78, 5) is 60.7. The topological polar surface area (TPSA) is 186 Å². The van der Waals surface area contributed by atoms with Crippen molar-refractivity contribution in [3.05, 3.63) is 106 Å². The molecule has 2 amide bonds. The molecule has 0 radical (unpaired) electrons. The molecule has 70 heavy (non-hydrogen) atoms. The number of thiazole rings is 1. The van der Waals surface area contributed by atoms with Gasteiger partial charge in [-0.15, -0.1) is 11.3 Å². The number of nitrogens with two attached hydrogens (primary N) is 1. The predicted octanol–water partition coefficient (Wildman–Crippen LogP) is 7.25. The van der Waals surface area contributed by atoms with E-state index in [4.69, 9.17) is 30.1 Å². The van der Waals surface area contributed by atoms with Gasteiger partial charge in [0.05, 0.1) is 45.9 Å². The summed E-state index contributed by atoms with van der Waals surface area (Å²) >= 11 is 1.67. The van der Waals surface area contributed by atoms with Gasteiger partial charge in [0.1, 0.15) is 19.1 Å². The number of carbonyl (C=O) groups excluding carboxylic acids is 4. The summed E-state index contributed by atoms with van der Waals surface area (Å²) in [5, 5.41) is 13.0. The van der Waals surface area contributed by atoms with Crippen LogP contribution < -0.4 is 16.0 Å². The Hall–Kier alpha value is -6.14. The van der Waals surface area contributed by atoms with Gasteiger partial charge >= 0.3 is 0 Å². The van der Waals surface area contributed by atoms with Crippen LogP contribution >= 0.6 is 11.3 Å². The summed E-state index contributed by atoms with van der Waals surface area (Å²) in [6, 6.07) is 16.6. The highest BCUT2D eigenvalue weighted by Crippen LogP contribution is 2.38. The molecule has 4 aliphatic rings. The van der Waals surface area contributed by atoms with Gasteiger partial charge in [0, 0.05) is 87.8 Å². The second-order valence-corrected chi connectivity index (χ2v) is 20.4. The molecule has 2 atom stereocenters. The van der Waals surface area contributed by atoms with Crippen molar-refractivity contribution in [2.45, 2.75) is 118 Å². The summed E-state index contributed by atoms with van der Waals surface area (Å²) in [6.07, 6.45) is 10.5. The molecule has 10 rings (SSSR count). The van der Waals surface area contributed by atoms with Gasteiger partial charge in [-0.25, -0.2) is 14.5 Å². The van der Waals surface area contributed by atoms with Crippen molar-refractivity contribution in [2.24, 2.45) is 11.1 Å². The van der Waals surface area contributed by atoms with Crippen LogP contribution in [0.3, 0.4) is 0 Å². The number of fused-ring (bicyclic) bond motifs is 3. The monoisotopic (exact) mass is 972 g/mol. The lowest BCUT2D eigenvalue weighted by molar-refractivity contribution is -0.136. The van der Waals surface area contributed by atoms with Crippen molar-refractivity contribution < 1.29 is 23.9 Å². The third-order valence-corrected chi connectivity index (χ3v) is 14.6. The molecule has 372 valence electrons. The molecule has 17 heteroatoms. The Labute approximate surface area is 415 Å². The zero-order chi connectivity index (χ0) is 50.1. The third kappa shape index (κ3) is 11.5. The molecule has 0 saturated carbocycles. The molecule has 2 saturated heterocycles. The zero-order valence-corrected chi connectivity index (χ0v) is 42.6. The van der Waals surface area contributed by atoms with E-state index >= 15 is 0 Å². The van der Waals surface area contributed by atoms with Crippen molar-refractivity contribution in [3.63, 3.8) is 0 Å². The Kier molecular flexibility index (Phi) is 17.1. The number of likely N-dealkylation sites (tertiary alicyclic amines) is 1. The quantitative estimate of drug-likeness (QED) is 0.146. The predicted molar refractivity (Wildman–Crippen MR) is 275 cm³/mol. The van der Waals surface area contributed by atoms with Gasteiger partial charge in [0.15, 0.2) is 11.3 Å². The summed E-state index contributed by atoms with van der Waals surface area (Å²) in [6.45, 7) is 20.0. The first-order valence-corrected chi connectivity index (χ1v) is 25.2. The fraction of sp³-hybridized carbons (Fsp3) is 0.472. The molecule has 16 nitrogen and oxygen atoms in total. The Morgan fingerprint density at radius 3 is 2.39 bits per heavy atom. The van der Waals surface area contributed by atoms with Gasteiger partial charge in [-0.1, -0.05) is 63.2 Å². The van der Waals surface area contributed by atoms with Gasteiger partial charge in [0.25, 0.3) is 5.91 Å². The van der Waals surface area contributed by atoms with Crippen molar-refractivity contribution >= 4 is 47.6 Å². The minimum atomic E-state index is -0.653. The van der Waals surface area contributed by atoms with Crippen LogP contribution in [0, 0.1) is 12.3 Å². The van der Waals surface area contributed by atoms with E-state index < -0.39 is 11.5 Å². The number of aromatic nitrogens is 6. The zero-order valence-electron chi connectivity index (χ0n) is 41.8. The van der Waals surface area contributed by atoms with Gasteiger partial charge in [-0.3, -0.25) is 14.3 Å². The van der Waals surface area contributed by atoms with Crippen molar-refractivity contribution in [1.29, 1.82) is 0 Å². The molecule has 2 fully saturated rings. The number of nitrogens with one attached hydrogen (secondary N) is 1. The van der Waals surface area contributed by atoms with Gasteiger partial charge in [-0.2, -0.15) is 10.2 Å². The lowest BCUT2D eigenvalue weighted by Gasteiger charge is -2.34. The number of benzene rings is 2. The van der Waals surface area contributed by atoms with E-state index in [0.717, 1.165) is 113 Å². The molecule has 2 aromatic carbocycles. The van der Waals surface area contributed by atoms with Crippen LogP contribution in [0.5, 0.6) is 0 Å². The van der Waals surface area contributed by atoms with E-state index in [9.17, 15) is 9.59 Å². The number of rotatable bonds is 8. The number of nitrogens with zero attached hydrogens (tertiary/aromatic N) is 9. The number of hydrogen-bond donors (Lipinski definition) is 2. The van der Waals surface area contributed by atoms with Crippen molar-refractivity contribution in [2.75, 3.05) is 44.8 Å². The van der Waals surface area contributed by atoms with Crippen LogP contribution in [0.1, 0.15) is 110 Å². The minimum Gasteiger partial charge on any atom is -0.381 e. The van der Waals surface area contributed by atoms with Gasteiger partial charge < -0.3 is 40.1 Å². The number of amides is 2. The number of aryl methyl sites for hydroxylation is 1. The molecule has 4 aromatic heterocycles. The molecule has 0 bridgehead atoms. The lowest BCUT2D eigenvalue weighted by Crippen LogP contribution is -2.55. The Bertz CT molecular complexity index is 2740. The third-order valence-electron chi connectivity index (χ3n) is 13.7. The SMILES string of the molecule is C=O.CC1CCCN1C(=O)C(NC(=O)c1cc2ncc(N3CCc4c(cccc4-c4nn(C5CCOCC5)c5c4CN(C)CC5)C3)cn2n1)C(C)(C)C.CC=O.Cc1ncsc1-c1ccc(CN)cc1. The fourth-order valence-electron chi connectivity index (χ4n) is 9.87. The summed E-state index contributed by atoms with van der Waals surface area (Å²) in [5.74, 6) is -0.396. The summed E-state index contributed by atoms with van der Waals surface area (Å²) in [5.41, 5.74) is 20.1. The molecule has 0 aliphatic carbocycles. The largest absolute Gasteiger partial charge is 0.381 e. The van der Waals surface area contributed by atoms with Crippen LogP contribution in [0.15, 0.2) is 66.4 Å². The molecular formula is C53H69N11O5S. The smallest absolute Gasteiger partial charge is 0.272 e. The van der Waals surface area contributed by atoms with E-state index in [1.54, 1.807) is 21.9 Å². The average Bonchev–Trinajstić information content (AvgIpc) is 4.19. The number of carbonyl (C=O) groups is 4. The summed E-state index contributed by atoms with van der Waals surface area (Å²) < 4.78 is 9.72. The molecule has 8 heterocycles. The highest BCUT2D eigenvalue weighted by molar-refractivity contribution is 7.13. The Morgan fingerprint density at radius 2 is 1.73 bits per heavy atom. The van der Waals surface area contributed by atoms with Gasteiger partial charge in [0.2, 0.25) is 5.91 Å². The molecule has 0 spiro atoms. The maximum absolute atomic E-state index is 13.6. The summed E-state index contributed by atoms with van der Waals surface area (Å²) in [7, 11) is 2.20. The second kappa shape index (κ2) is 23.2. The van der Waals surface area contributed by atoms with Crippen LogP contribution in [0.25, 0.3) is 27.3 Å².